The standard InChI is InChI=1S/C28H40N6O5/c1-28(2,3)39-27(36)34(5)14-8-13-33(4)17-20-16-29-25-24(20)26(31-18-30-25)32-21-10-11-22(37-6)19(15-21)9-12-23(35)38-7/h10-11,15-16,18H,8-9,12-14,17H2,1-7H3,(H2,29,30,31,32). The second kappa shape index (κ2) is 13.3. The highest BCUT2D eigenvalue weighted by Gasteiger charge is 2.20. The molecule has 0 fully saturated rings. The normalized spacial score (nSPS) is 11.5. The Bertz CT molecular complexity index is 1270. The molecule has 0 radical (unpaired) electrons. The van der Waals surface area contributed by atoms with Crippen LogP contribution in [0.25, 0.3) is 11.0 Å². The fraction of sp³-hybridized carbons (Fsp3) is 0.500. The van der Waals surface area contributed by atoms with E-state index in [9.17, 15) is 9.59 Å². The molecule has 0 aliphatic heterocycles. The van der Waals surface area contributed by atoms with E-state index < -0.39 is 5.60 Å². The average Bonchev–Trinajstić information content (AvgIpc) is 3.29. The van der Waals surface area contributed by atoms with Gasteiger partial charge in [0.15, 0.2) is 0 Å². The minimum Gasteiger partial charge on any atom is -0.496 e. The van der Waals surface area contributed by atoms with Crippen molar-refractivity contribution in [3.05, 3.63) is 41.9 Å². The van der Waals surface area contributed by atoms with Crippen molar-refractivity contribution in [2.24, 2.45) is 0 Å². The van der Waals surface area contributed by atoms with E-state index in [-0.39, 0.29) is 18.5 Å². The first-order chi connectivity index (χ1) is 18.5. The molecule has 39 heavy (non-hydrogen) atoms. The lowest BCUT2D eigenvalue weighted by molar-refractivity contribution is -0.140. The highest BCUT2D eigenvalue weighted by Crippen LogP contribution is 2.30. The van der Waals surface area contributed by atoms with Crippen molar-refractivity contribution in [1.82, 2.24) is 24.8 Å². The molecule has 0 aliphatic carbocycles. The maximum Gasteiger partial charge on any atom is 0.410 e. The number of ether oxygens (including phenoxy) is 3. The molecule has 1 aromatic carbocycles. The van der Waals surface area contributed by atoms with Crippen LogP contribution in [0.4, 0.5) is 16.3 Å². The summed E-state index contributed by atoms with van der Waals surface area (Å²) in [4.78, 5) is 39.8. The number of rotatable bonds is 12. The Balaban J connectivity index is 1.68. The number of anilines is 2. The summed E-state index contributed by atoms with van der Waals surface area (Å²) >= 11 is 0. The number of benzene rings is 1. The quantitative estimate of drug-likeness (QED) is 0.320. The Hall–Kier alpha value is -3.86. The van der Waals surface area contributed by atoms with Crippen LogP contribution in [0.2, 0.25) is 0 Å². The molecule has 0 unspecified atom stereocenters. The van der Waals surface area contributed by atoms with Crippen molar-refractivity contribution in [1.29, 1.82) is 0 Å². The number of carbonyl (C=O) groups is 2. The van der Waals surface area contributed by atoms with E-state index in [1.165, 1.54) is 13.4 Å². The molecule has 0 aliphatic rings. The van der Waals surface area contributed by atoms with Crippen LogP contribution in [-0.4, -0.2) is 83.8 Å². The van der Waals surface area contributed by atoms with Crippen molar-refractivity contribution in [3.8, 4) is 5.75 Å². The first kappa shape index (κ1) is 29.7. The Morgan fingerprint density at radius 3 is 2.54 bits per heavy atom. The summed E-state index contributed by atoms with van der Waals surface area (Å²) in [5.41, 5.74) is 2.99. The van der Waals surface area contributed by atoms with Gasteiger partial charge in [0.2, 0.25) is 0 Å². The number of aromatic amines is 1. The summed E-state index contributed by atoms with van der Waals surface area (Å²) < 4.78 is 15.7. The number of H-pyrrole nitrogens is 1. The maximum absolute atomic E-state index is 12.2. The van der Waals surface area contributed by atoms with E-state index in [0.29, 0.717) is 31.1 Å². The number of amides is 1. The summed E-state index contributed by atoms with van der Waals surface area (Å²) in [7, 11) is 6.78. The van der Waals surface area contributed by atoms with Gasteiger partial charge >= 0.3 is 12.1 Å². The van der Waals surface area contributed by atoms with Gasteiger partial charge in [0.25, 0.3) is 0 Å². The number of hydrogen-bond donors (Lipinski definition) is 2. The van der Waals surface area contributed by atoms with Gasteiger partial charge in [-0.25, -0.2) is 14.8 Å². The highest BCUT2D eigenvalue weighted by atomic mass is 16.6. The smallest absolute Gasteiger partial charge is 0.410 e. The average molecular weight is 541 g/mol. The fourth-order valence-electron chi connectivity index (χ4n) is 4.15. The lowest BCUT2D eigenvalue weighted by Crippen LogP contribution is -2.35. The van der Waals surface area contributed by atoms with Crippen LogP contribution < -0.4 is 10.1 Å². The van der Waals surface area contributed by atoms with E-state index in [1.54, 1.807) is 19.1 Å². The Morgan fingerprint density at radius 2 is 1.85 bits per heavy atom. The first-order valence-electron chi connectivity index (χ1n) is 12.9. The Morgan fingerprint density at radius 1 is 1.08 bits per heavy atom. The number of nitrogens with zero attached hydrogens (tertiary/aromatic N) is 4. The number of hydrogen-bond acceptors (Lipinski definition) is 9. The van der Waals surface area contributed by atoms with Gasteiger partial charge in [-0.15, -0.1) is 0 Å². The van der Waals surface area contributed by atoms with E-state index in [0.717, 1.165) is 40.8 Å². The molecule has 0 atom stereocenters. The number of aromatic nitrogens is 3. The van der Waals surface area contributed by atoms with Crippen molar-refractivity contribution in [3.63, 3.8) is 0 Å². The number of aryl methyl sites for hydroxylation is 1. The van der Waals surface area contributed by atoms with E-state index in [2.05, 4.69) is 25.2 Å². The Kier molecular flexibility index (Phi) is 10.1. The monoisotopic (exact) mass is 540 g/mol. The molecule has 212 valence electrons. The summed E-state index contributed by atoms with van der Waals surface area (Å²) in [6.45, 7) is 7.64. The number of nitrogens with one attached hydrogen (secondary N) is 2. The minimum atomic E-state index is -0.512. The maximum atomic E-state index is 12.2. The molecule has 0 saturated carbocycles. The largest absolute Gasteiger partial charge is 0.496 e. The molecule has 2 N–H and O–H groups in total. The third-order valence-electron chi connectivity index (χ3n) is 6.10. The summed E-state index contributed by atoms with van der Waals surface area (Å²) in [5.74, 6) is 1.11. The molecule has 2 heterocycles. The van der Waals surface area contributed by atoms with Crippen molar-refractivity contribution >= 4 is 34.6 Å². The third kappa shape index (κ3) is 8.57. The van der Waals surface area contributed by atoms with Gasteiger partial charge in [-0.3, -0.25) is 4.79 Å². The predicted octanol–water partition coefficient (Wildman–Crippen LogP) is 4.50. The highest BCUT2D eigenvalue weighted by molar-refractivity contribution is 5.92. The number of carbonyl (C=O) groups excluding carboxylic acids is 2. The van der Waals surface area contributed by atoms with Crippen molar-refractivity contribution in [2.45, 2.75) is 52.2 Å². The van der Waals surface area contributed by atoms with Gasteiger partial charge < -0.3 is 34.3 Å². The minimum absolute atomic E-state index is 0.260. The lowest BCUT2D eigenvalue weighted by Gasteiger charge is -2.25. The van der Waals surface area contributed by atoms with Crippen LogP contribution in [-0.2, 0) is 27.2 Å². The second-order valence-electron chi connectivity index (χ2n) is 10.5. The van der Waals surface area contributed by atoms with E-state index in [1.807, 2.05) is 52.2 Å². The molecule has 3 aromatic rings. The van der Waals surface area contributed by atoms with Crippen LogP contribution in [0.3, 0.4) is 0 Å². The number of fused-ring (bicyclic) bond motifs is 1. The first-order valence-corrected chi connectivity index (χ1v) is 12.9. The van der Waals surface area contributed by atoms with Gasteiger partial charge in [0.05, 0.1) is 19.6 Å². The van der Waals surface area contributed by atoms with Gasteiger partial charge in [-0.2, -0.15) is 0 Å². The SMILES string of the molecule is COC(=O)CCc1cc(Nc2ncnc3[nH]cc(CN(C)CCCN(C)C(=O)OC(C)(C)C)c23)ccc1OC. The Labute approximate surface area is 229 Å². The molecule has 0 bridgehead atoms. The zero-order chi connectivity index (χ0) is 28.6. The van der Waals surface area contributed by atoms with Gasteiger partial charge in [0.1, 0.15) is 29.1 Å². The molecular formula is C28H40N6O5. The van der Waals surface area contributed by atoms with Crippen molar-refractivity contribution in [2.75, 3.05) is 46.7 Å². The zero-order valence-electron chi connectivity index (χ0n) is 24.0. The topological polar surface area (TPSA) is 122 Å². The predicted molar refractivity (Wildman–Crippen MR) is 150 cm³/mol. The van der Waals surface area contributed by atoms with E-state index >= 15 is 0 Å². The summed E-state index contributed by atoms with van der Waals surface area (Å²) in [6.07, 6.45) is 4.70. The molecule has 2 aromatic heterocycles. The molecular weight excluding hydrogens is 500 g/mol. The second-order valence-corrected chi connectivity index (χ2v) is 10.5. The van der Waals surface area contributed by atoms with E-state index in [4.69, 9.17) is 14.2 Å². The van der Waals surface area contributed by atoms with Crippen molar-refractivity contribution < 1.29 is 23.8 Å². The van der Waals surface area contributed by atoms with Crippen LogP contribution in [0, 0.1) is 0 Å². The van der Waals surface area contributed by atoms with Crippen LogP contribution in [0.1, 0.15) is 44.7 Å². The lowest BCUT2D eigenvalue weighted by atomic mass is 10.1. The molecule has 1 amide bonds. The van der Waals surface area contributed by atoms with Gasteiger partial charge in [-0.05, 0) is 76.5 Å². The molecule has 0 spiro atoms. The summed E-state index contributed by atoms with van der Waals surface area (Å²) in [5, 5.41) is 4.31. The zero-order valence-corrected chi connectivity index (χ0v) is 24.0. The van der Waals surface area contributed by atoms with Crippen LogP contribution in [0.15, 0.2) is 30.7 Å². The number of esters is 1. The fourth-order valence-corrected chi connectivity index (χ4v) is 4.15. The number of methoxy groups -OCH3 is 2. The molecule has 11 nitrogen and oxygen atoms in total. The van der Waals surface area contributed by atoms with Crippen LogP contribution >= 0.6 is 0 Å². The molecule has 11 heteroatoms. The molecule has 0 saturated heterocycles. The van der Waals surface area contributed by atoms with Gasteiger partial charge in [0, 0.05) is 38.4 Å². The molecule has 3 rings (SSSR count). The van der Waals surface area contributed by atoms with Gasteiger partial charge in [-0.1, -0.05) is 0 Å². The summed E-state index contributed by atoms with van der Waals surface area (Å²) in [6, 6.07) is 5.73. The van der Waals surface area contributed by atoms with Crippen LogP contribution in [0.5, 0.6) is 5.75 Å². The third-order valence-corrected chi connectivity index (χ3v) is 6.10.